The van der Waals surface area contributed by atoms with Gasteiger partial charge in [0.25, 0.3) is 0 Å². The number of ether oxygens (including phenoxy) is 2. The van der Waals surface area contributed by atoms with Crippen molar-refractivity contribution in [3.8, 4) is 5.75 Å². The Balaban J connectivity index is 2.06. The topological polar surface area (TPSA) is 64.7 Å². The summed E-state index contributed by atoms with van der Waals surface area (Å²) in [6, 6.07) is 7.16. The lowest BCUT2D eigenvalue weighted by molar-refractivity contribution is 0.0110. The number of aliphatic hydroxyl groups is 1. The molecule has 0 saturated heterocycles. The van der Waals surface area contributed by atoms with Gasteiger partial charge >= 0.3 is 0 Å². The highest BCUT2D eigenvalue weighted by molar-refractivity contribution is 5.43. The highest BCUT2D eigenvalue weighted by Crippen LogP contribution is 2.14. The maximum Gasteiger partial charge on any atom is 0.121 e. The van der Waals surface area contributed by atoms with Crippen molar-refractivity contribution >= 4 is 5.69 Å². The molecule has 19 heavy (non-hydrogen) atoms. The van der Waals surface area contributed by atoms with Gasteiger partial charge in [0.1, 0.15) is 18.5 Å². The van der Waals surface area contributed by atoms with Gasteiger partial charge in [0.15, 0.2) is 0 Å². The van der Waals surface area contributed by atoms with E-state index >= 15 is 0 Å². The lowest BCUT2D eigenvalue weighted by atomic mass is 10.2. The van der Waals surface area contributed by atoms with Crippen molar-refractivity contribution < 1.29 is 14.6 Å². The van der Waals surface area contributed by atoms with E-state index in [0.29, 0.717) is 24.7 Å². The second-order valence-corrected chi connectivity index (χ2v) is 4.67. The van der Waals surface area contributed by atoms with E-state index < -0.39 is 6.10 Å². The van der Waals surface area contributed by atoms with Crippen molar-refractivity contribution in [1.29, 1.82) is 0 Å². The molecule has 0 aromatic heterocycles. The summed E-state index contributed by atoms with van der Waals surface area (Å²) in [6.45, 7) is 3.42. The summed E-state index contributed by atoms with van der Waals surface area (Å²) in [5, 5.41) is 9.70. The molecule has 1 aromatic carbocycles. The smallest absolute Gasteiger partial charge is 0.121 e. The maximum absolute atomic E-state index is 9.70. The van der Waals surface area contributed by atoms with E-state index in [4.69, 9.17) is 15.2 Å². The fourth-order valence-corrected chi connectivity index (χ4v) is 1.70. The summed E-state index contributed by atoms with van der Waals surface area (Å²) in [5.41, 5.74) is 6.29. The molecule has 4 heteroatoms. The molecule has 1 rings (SSSR count). The summed E-state index contributed by atoms with van der Waals surface area (Å²) in [7, 11) is 0. The van der Waals surface area contributed by atoms with Crippen LogP contribution in [0.25, 0.3) is 0 Å². The van der Waals surface area contributed by atoms with Crippen molar-refractivity contribution in [2.24, 2.45) is 0 Å². The Bertz CT molecular complexity index is 344. The van der Waals surface area contributed by atoms with Gasteiger partial charge in [0.2, 0.25) is 0 Å². The van der Waals surface area contributed by atoms with E-state index in [1.165, 1.54) is 19.3 Å². The average molecular weight is 267 g/mol. The second-order valence-electron chi connectivity index (χ2n) is 4.67. The van der Waals surface area contributed by atoms with Crippen LogP contribution in [0.5, 0.6) is 5.75 Å². The summed E-state index contributed by atoms with van der Waals surface area (Å²) in [4.78, 5) is 0. The number of nitrogens with two attached hydrogens (primary N) is 1. The van der Waals surface area contributed by atoms with Crippen molar-refractivity contribution in [2.75, 3.05) is 25.6 Å². The summed E-state index contributed by atoms with van der Waals surface area (Å²) in [6.07, 6.45) is 4.09. The molecular weight excluding hydrogens is 242 g/mol. The number of nitrogen functional groups attached to an aromatic ring is 1. The zero-order valence-electron chi connectivity index (χ0n) is 11.7. The molecule has 0 bridgehead atoms. The van der Waals surface area contributed by atoms with Crippen molar-refractivity contribution in [3.05, 3.63) is 24.3 Å². The molecule has 0 amide bonds. The average Bonchev–Trinajstić information content (AvgIpc) is 2.40. The lowest BCUT2D eigenvalue weighted by Crippen LogP contribution is -2.23. The number of rotatable bonds is 10. The summed E-state index contributed by atoms with van der Waals surface area (Å²) in [5.74, 6) is 0.669. The molecule has 1 atom stereocenters. The predicted molar refractivity (Wildman–Crippen MR) is 77.3 cm³/mol. The van der Waals surface area contributed by atoms with Crippen LogP contribution in [0, 0.1) is 0 Å². The van der Waals surface area contributed by atoms with E-state index in [9.17, 15) is 5.11 Å². The molecule has 3 N–H and O–H groups in total. The Kier molecular flexibility index (Phi) is 8.02. The van der Waals surface area contributed by atoms with Gasteiger partial charge < -0.3 is 20.3 Å². The van der Waals surface area contributed by atoms with Crippen molar-refractivity contribution in [3.63, 3.8) is 0 Å². The first-order valence-electron chi connectivity index (χ1n) is 6.96. The van der Waals surface area contributed by atoms with Crippen LogP contribution in [0.1, 0.15) is 32.6 Å². The first kappa shape index (κ1) is 15.8. The minimum Gasteiger partial charge on any atom is -0.491 e. The number of hydrogen-bond donors (Lipinski definition) is 2. The molecule has 0 heterocycles. The lowest BCUT2D eigenvalue weighted by Gasteiger charge is -2.13. The van der Waals surface area contributed by atoms with Crippen LogP contribution in [-0.2, 0) is 4.74 Å². The van der Waals surface area contributed by atoms with E-state index in [2.05, 4.69) is 6.92 Å². The van der Waals surface area contributed by atoms with E-state index in [1.807, 2.05) is 12.1 Å². The molecule has 0 saturated carbocycles. The standard InChI is InChI=1S/C15H25NO3/c1-2-3-4-5-9-18-11-14(17)12-19-15-8-6-7-13(16)10-15/h6-8,10,14,17H,2-5,9,11-12,16H2,1H3. The number of aliphatic hydroxyl groups excluding tert-OH is 1. The zero-order chi connectivity index (χ0) is 13.9. The van der Waals surface area contributed by atoms with Gasteiger partial charge in [-0.2, -0.15) is 0 Å². The van der Waals surface area contributed by atoms with Gasteiger partial charge in [-0.1, -0.05) is 32.3 Å². The number of benzene rings is 1. The fourth-order valence-electron chi connectivity index (χ4n) is 1.70. The molecule has 0 aliphatic rings. The van der Waals surface area contributed by atoms with E-state index in [1.54, 1.807) is 12.1 Å². The third-order valence-corrected chi connectivity index (χ3v) is 2.75. The normalized spacial score (nSPS) is 12.3. The minimum absolute atomic E-state index is 0.221. The molecule has 0 radical (unpaired) electrons. The van der Waals surface area contributed by atoms with Gasteiger partial charge in [0, 0.05) is 18.4 Å². The van der Waals surface area contributed by atoms with Crippen molar-refractivity contribution in [1.82, 2.24) is 0 Å². The molecule has 108 valence electrons. The number of hydrogen-bond acceptors (Lipinski definition) is 4. The fraction of sp³-hybridized carbons (Fsp3) is 0.600. The Labute approximate surface area is 115 Å². The third kappa shape index (κ3) is 7.70. The zero-order valence-corrected chi connectivity index (χ0v) is 11.7. The summed E-state index contributed by atoms with van der Waals surface area (Å²) >= 11 is 0. The molecule has 1 aromatic rings. The Morgan fingerprint density at radius 2 is 2.05 bits per heavy atom. The van der Waals surface area contributed by atoms with E-state index in [0.717, 1.165) is 6.42 Å². The SMILES string of the molecule is CCCCCCOCC(O)COc1cccc(N)c1. The predicted octanol–water partition coefficient (Wildman–Crippen LogP) is 2.61. The van der Waals surface area contributed by atoms with Gasteiger partial charge in [-0.05, 0) is 18.6 Å². The van der Waals surface area contributed by atoms with Crippen LogP contribution in [0.2, 0.25) is 0 Å². The third-order valence-electron chi connectivity index (χ3n) is 2.75. The second kappa shape index (κ2) is 9.64. The van der Waals surface area contributed by atoms with Gasteiger partial charge in [-0.25, -0.2) is 0 Å². The van der Waals surface area contributed by atoms with Crippen molar-refractivity contribution in [2.45, 2.75) is 38.7 Å². The van der Waals surface area contributed by atoms with Crippen LogP contribution < -0.4 is 10.5 Å². The molecule has 0 aliphatic carbocycles. The van der Waals surface area contributed by atoms with Gasteiger partial charge in [-0.15, -0.1) is 0 Å². The molecule has 0 aliphatic heterocycles. The van der Waals surface area contributed by atoms with Crippen LogP contribution >= 0.6 is 0 Å². The molecule has 1 unspecified atom stereocenters. The molecule has 0 fully saturated rings. The van der Waals surface area contributed by atoms with Gasteiger partial charge in [-0.3, -0.25) is 0 Å². The Morgan fingerprint density at radius 3 is 2.79 bits per heavy atom. The highest BCUT2D eigenvalue weighted by Gasteiger charge is 2.05. The molecular formula is C15H25NO3. The highest BCUT2D eigenvalue weighted by atomic mass is 16.5. The quantitative estimate of drug-likeness (QED) is 0.505. The Morgan fingerprint density at radius 1 is 1.21 bits per heavy atom. The number of anilines is 1. The van der Waals surface area contributed by atoms with Crippen LogP contribution in [-0.4, -0.2) is 31.0 Å². The molecule has 4 nitrogen and oxygen atoms in total. The van der Waals surface area contributed by atoms with Crippen LogP contribution in [0.4, 0.5) is 5.69 Å². The monoisotopic (exact) mass is 267 g/mol. The molecule has 0 spiro atoms. The number of unbranched alkanes of at least 4 members (excludes halogenated alkanes) is 3. The van der Waals surface area contributed by atoms with Crippen LogP contribution in [0.3, 0.4) is 0 Å². The first-order valence-corrected chi connectivity index (χ1v) is 6.96. The minimum atomic E-state index is -0.604. The first-order chi connectivity index (χ1) is 9.22. The van der Waals surface area contributed by atoms with Crippen LogP contribution in [0.15, 0.2) is 24.3 Å². The van der Waals surface area contributed by atoms with Gasteiger partial charge in [0.05, 0.1) is 6.61 Å². The summed E-state index contributed by atoms with van der Waals surface area (Å²) < 4.78 is 10.8. The Hall–Kier alpha value is -1.26. The maximum atomic E-state index is 9.70. The van der Waals surface area contributed by atoms with E-state index in [-0.39, 0.29) is 6.61 Å². The largest absolute Gasteiger partial charge is 0.491 e.